The molecule has 1 atom stereocenters. The largest absolute Gasteiger partial charge is 0.493 e. The lowest BCUT2D eigenvalue weighted by Gasteiger charge is -2.45. The molecule has 4 nitrogen and oxygen atoms in total. The maximum absolute atomic E-state index is 9.91. The minimum Gasteiger partial charge on any atom is -0.493 e. The lowest BCUT2D eigenvalue weighted by atomic mass is 9.83. The second-order valence-corrected chi connectivity index (χ2v) is 6.99. The van der Waals surface area contributed by atoms with Crippen LogP contribution in [0.5, 0.6) is 5.75 Å². The van der Waals surface area contributed by atoms with Crippen molar-refractivity contribution in [3.8, 4) is 5.75 Å². The molecule has 0 aromatic heterocycles. The van der Waals surface area contributed by atoms with Crippen LogP contribution in [0.15, 0.2) is 18.2 Å². The van der Waals surface area contributed by atoms with Crippen molar-refractivity contribution in [3.05, 3.63) is 29.3 Å². The highest BCUT2D eigenvalue weighted by Crippen LogP contribution is 2.35. The Morgan fingerprint density at radius 1 is 1.23 bits per heavy atom. The molecule has 3 heterocycles. The smallest absolute Gasteiger partial charge is 0.122 e. The number of hydrogen-bond acceptors (Lipinski definition) is 4. The Kier molecular flexibility index (Phi) is 3.84. The van der Waals surface area contributed by atoms with Gasteiger partial charge in [0.25, 0.3) is 0 Å². The molecule has 0 bridgehead atoms. The van der Waals surface area contributed by atoms with Crippen LogP contribution in [-0.2, 0) is 17.7 Å². The van der Waals surface area contributed by atoms with E-state index in [4.69, 9.17) is 9.47 Å². The molecular formula is C18H25NO3. The number of aliphatic hydroxyl groups is 1. The van der Waals surface area contributed by atoms with Crippen LogP contribution < -0.4 is 4.74 Å². The first-order valence-electron chi connectivity index (χ1n) is 8.51. The number of piperidine rings is 1. The first kappa shape index (κ1) is 14.5. The van der Waals surface area contributed by atoms with Crippen molar-refractivity contribution in [2.75, 3.05) is 26.3 Å². The van der Waals surface area contributed by atoms with Gasteiger partial charge in [-0.1, -0.05) is 12.1 Å². The van der Waals surface area contributed by atoms with E-state index in [1.54, 1.807) is 0 Å². The summed E-state index contributed by atoms with van der Waals surface area (Å²) in [5.41, 5.74) is 2.68. The predicted octanol–water partition coefficient (Wildman–Crippen LogP) is 2.13. The quantitative estimate of drug-likeness (QED) is 0.909. The molecule has 0 aliphatic carbocycles. The zero-order valence-electron chi connectivity index (χ0n) is 13.1. The number of ether oxygens (including phenoxy) is 2. The summed E-state index contributed by atoms with van der Waals surface area (Å²) in [6.07, 6.45) is 4.56. The third kappa shape index (κ3) is 2.87. The fraction of sp³-hybridized carbons (Fsp3) is 0.667. The topological polar surface area (TPSA) is 41.9 Å². The molecule has 3 aliphatic heterocycles. The number of benzene rings is 1. The monoisotopic (exact) mass is 303 g/mol. The van der Waals surface area contributed by atoms with Crippen molar-refractivity contribution in [2.45, 2.75) is 50.4 Å². The van der Waals surface area contributed by atoms with Gasteiger partial charge in [0.1, 0.15) is 5.75 Å². The van der Waals surface area contributed by atoms with Crippen LogP contribution in [0.25, 0.3) is 0 Å². The van der Waals surface area contributed by atoms with E-state index >= 15 is 0 Å². The van der Waals surface area contributed by atoms with Crippen molar-refractivity contribution in [2.24, 2.45) is 0 Å². The Balaban J connectivity index is 1.36. The van der Waals surface area contributed by atoms with Gasteiger partial charge in [0.15, 0.2) is 0 Å². The summed E-state index contributed by atoms with van der Waals surface area (Å²) in [6, 6.07) is 6.60. The third-order valence-corrected chi connectivity index (χ3v) is 5.39. The summed E-state index contributed by atoms with van der Waals surface area (Å²) >= 11 is 0. The summed E-state index contributed by atoms with van der Waals surface area (Å²) in [5, 5.41) is 9.91. The average Bonchev–Trinajstić information content (AvgIpc) is 2.97. The van der Waals surface area contributed by atoms with Crippen LogP contribution in [0.4, 0.5) is 0 Å². The summed E-state index contributed by atoms with van der Waals surface area (Å²) in [5.74, 6) is 1.06. The number of likely N-dealkylation sites (tertiary alicyclic amines) is 1. The fourth-order valence-electron chi connectivity index (χ4n) is 4.07. The molecule has 2 saturated heterocycles. The molecule has 2 fully saturated rings. The standard InChI is InChI=1S/C18H25NO3/c20-16-4-10-22-18(12-16)5-7-19(8-6-18)13-14-1-2-17-15(11-14)3-9-21-17/h1-2,11,16,20H,3-10,12-13H2. The first-order valence-corrected chi connectivity index (χ1v) is 8.51. The maximum Gasteiger partial charge on any atom is 0.122 e. The Morgan fingerprint density at radius 2 is 2.09 bits per heavy atom. The van der Waals surface area contributed by atoms with Crippen molar-refractivity contribution in [1.29, 1.82) is 0 Å². The maximum atomic E-state index is 9.91. The Morgan fingerprint density at radius 3 is 2.91 bits per heavy atom. The van der Waals surface area contributed by atoms with E-state index in [-0.39, 0.29) is 11.7 Å². The van der Waals surface area contributed by atoms with Crippen LogP contribution in [0.2, 0.25) is 0 Å². The van der Waals surface area contributed by atoms with Gasteiger partial charge in [0, 0.05) is 39.1 Å². The molecular weight excluding hydrogens is 278 g/mol. The van der Waals surface area contributed by atoms with Gasteiger partial charge in [0.2, 0.25) is 0 Å². The van der Waals surface area contributed by atoms with Crippen LogP contribution in [0.1, 0.15) is 36.8 Å². The summed E-state index contributed by atoms with van der Waals surface area (Å²) in [6.45, 7) is 4.66. The van der Waals surface area contributed by atoms with Crippen LogP contribution >= 0.6 is 0 Å². The number of rotatable bonds is 2. The van der Waals surface area contributed by atoms with Crippen LogP contribution in [-0.4, -0.2) is 48.0 Å². The van der Waals surface area contributed by atoms with Crippen molar-refractivity contribution >= 4 is 0 Å². The minimum absolute atomic E-state index is 0.0556. The molecule has 1 aromatic carbocycles. The highest BCUT2D eigenvalue weighted by Gasteiger charge is 2.39. The normalized spacial score (nSPS) is 27.6. The molecule has 120 valence electrons. The molecule has 4 rings (SSSR count). The van der Waals surface area contributed by atoms with E-state index in [0.717, 1.165) is 64.1 Å². The summed E-state index contributed by atoms with van der Waals surface area (Å²) < 4.78 is 11.6. The molecule has 1 unspecified atom stereocenters. The SMILES string of the molecule is OC1CCOC2(CCN(Cc3ccc4c(c3)CCO4)CC2)C1. The molecule has 3 aliphatic rings. The second-order valence-electron chi connectivity index (χ2n) is 6.99. The van der Waals surface area contributed by atoms with E-state index in [9.17, 15) is 5.11 Å². The Bertz CT molecular complexity index is 537. The van der Waals surface area contributed by atoms with Gasteiger partial charge in [-0.05, 0) is 36.5 Å². The second kappa shape index (κ2) is 5.84. The highest BCUT2D eigenvalue weighted by molar-refractivity contribution is 5.39. The van der Waals surface area contributed by atoms with Gasteiger partial charge in [0.05, 0.1) is 18.3 Å². The Labute approximate surface area is 132 Å². The van der Waals surface area contributed by atoms with Crippen LogP contribution in [0, 0.1) is 0 Å². The molecule has 1 spiro atoms. The van der Waals surface area contributed by atoms with E-state index in [1.807, 2.05) is 0 Å². The molecule has 0 radical (unpaired) electrons. The van der Waals surface area contributed by atoms with E-state index in [2.05, 4.69) is 23.1 Å². The third-order valence-electron chi connectivity index (χ3n) is 5.39. The van der Waals surface area contributed by atoms with Crippen LogP contribution in [0.3, 0.4) is 0 Å². The van der Waals surface area contributed by atoms with Gasteiger partial charge in [-0.2, -0.15) is 0 Å². The number of aliphatic hydroxyl groups excluding tert-OH is 1. The zero-order chi connectivity index (χ0) is 15.0. The van der Waals surface area contributed by atoms with E-state index in [0.29, 0.717) is 6.61 Å². The first-order chi connectivity index (χ1) is 10.7. The zero-order valence-corrected chi connectivity index (χ0v) is 13.1. The molecule has 0 amide bonds. The van der Waals surface area contributed by atoms with Gasteiger partial charge in [-0.25, -0.2) is 0 Å². The highest BCUT2D eigenvalue weighted by atomic mass is 16.5. The van der Waals surface area contributed by atoms with Gasteiger partial charge >= 0.3 is 0 Å². The van der Waals surface area contributed by atoms with Gasteiger partial charge in [-0.3, -0.25) is 4.90 Å². The molecule has 1 aromatic rings. The lowest BCUT2D eigenvalue weighted by Crippen LogP contribution is -2.50. The van der Waals surface area contributed by atoms with Crippen molar-refractivity contribution < 1.29 is 14.6 Å². The van der Waals surface area contributed by atoms with Crippen molar-refractivity contribution in [3.63, 3.8) is 0 Å². The minimum atomic E-state index is -0.169. The fourth-order valence-corrected chi connectivity index (χ4v) is 4.07. The summed E-state index contributed by atoms with van der Waals surface area (Å²) in [7, 11) is 0. The van der Waals surface area contributed by atoms with Gasteiger partial charge in [-0.15, -0.1) is 0 Å². The predicted molar refractivity (Wildman–Crippen MR) is 84.1 cm³/mol. The number of hydrogen-bond donors (Lipinski definition) is 1. The molecule has 1 N–H and O–H groups in total. The Hall–Kier alpha value is -1.10. The van der Waals surface area contributed by atoms with E-state index in [1.165, 1.54) is 11.1 Å². The lowest BCUT2D eigenvalue weighted by molar-refractivity contribution is -0.143. The summed E-state index contributed by atoms with van der Waals surface area (Å²) in [4.78, 5) is 2.51. The van der Waals surface area contributed by atoms with E-state index < -0.39 is 0 Å². The molecule has 22 heavy (non-hydrogen) atoms. The van der Waals surface area contributed by atoms with Crippen molar-refractivity contribution in [1.82, 2.24) is 4.90 Å². The van der Waals surface area contributed by atoms with Gasteiger partial charge < -0.3 is 14.6 Å². The molecule has 4 heteroatoms. The average molecular weight is 303 g/mol. The molecule has 0 saturated carbocycles. The number of nitrogens with zero attached hydrogens (tertiary/aromatic N) is 1. The number of fused-ring (bicyclic) bond motifs is 1.